The van der Waals surface area contributed by atoms with E-state index in [0.29, 0.717) is 25.5 Å². The van der Waals surface area contributed by atoms with Crippen molar-refractivity contribution < 1.29 is 32.1 Å². The van der Waals surface area contributed by atoms with Gasteiger partial charge in [0.1, 0.15) is 18.7 Å². The van der Waals surface area contributed by atoms with Gasteiger partial charge in [0.2, 0.25) is 11.8 Å². The maximum Gasteiger partial charge on any atom is 0.329 e. The van der Waals surface area contributed by atoms with Gasteiger partial charge in [0.15, 0.2) is 0 Å². The fourth-order valence-corrected chi connectivity index (χ4v) is 4.22. The minimum Gasteiger partial charge on any atom is -0.459 e. The quantitative estimate of drug-likeness (QED) is 0.156. The minimum atomic E-state index is -3.67. The molecule has 3 rings (SSSR count). The van der Waals surface area contributed by atoms with Crippen LogP contribution in [0, 0.1) is 5.92 Å². The molecule has 0 radical (unpaired) electrons. The van der Waals surface area contributed by atoms with Gasteiger partial charge in [-0.05, 0) is 41.9 Å². The van der Waals surface area contributed by atoms with Gasteiger partial charge in [-0.1, -0.05) is 105 Å². The van der Waals surface area contributed by atoms with Crippen LogP contribution in [0.25, 0.3) is 0 Å². The van der Waals surface area contributed by atoms with E-state index in [1.54, 1.807) is 0 Å². The van der Waals surface area contributed by atoms with Crippen LogP contribution in [-0.4, -0.2) is 55.1 Å². The van der Waals surface area contributed by atoms with Crippen molar-refractivity contribution in [3.8, 4) is 0 Å². The number of rotatable bonds is 14. The van der Waals surface area contributed by atoms with Gasteiger partial charge in [-0.15, -0.1) is 0 Å². The Morgan fingerprint density at radius 3 is 1.73 bits per heavy atom. The molecule has 0 aliphatic heterocycles. The van der Waals surface area contributed by atoms with Gasteiger partial charge in [0.25, 0.3) is 10.1 Å². The number of benzene rings is 3. The Labute approximate surface area is 260 Å². The number of hydrogen-bond acceptors (Lipinski definition) is 7. The average Bonchev–Trinajstić information content (AvgIpc) is 2.98. The Kier molecular flexibility index (Phi) is 15.2. The Balaban J connectivity index is 0.00000125. The highest BCUT2D eigenvalue weighted by Crippen LogP contribution is 2.11. The molecule has 3 aromatic carbocycles. The highest BCUT2D eigenvalue weighted by Gasteiger charge is 2.29. The van der Waals surface area contributed by atoms with Gasteiger partial charge in [0.05, 0.1) is 12.3 Å². The first-order valence-corrected chi connectivity index (χ1v) is 16.2. The predicted octanol–water partition coefficient (Wildman–Crippen LogP) is 3.45. The molecule has 3 atom stereocenters. The largest absolute Gasteiger partial charge is 0.459 e. The van der Waals surface area contributed by atoms with Crippen molar-refractivity contribution in [3.63, 3.8) is 0 Å². The molecule has 0 aliphatic rings. The van der Waals surface area contributed by atoms with Crippen LogP contribution in [0.2, 0.25) is 0 Å². The molecular weight excluding hydrogens is 582 g/mol. The van der Waals surface area contributed by atoms with Crippen LogP contribution < -0.4 is 16.4 Å². The first-order chi connectivity index (χ1) is 20.8. The maximum atomic E-state index is 13.4. The Morgan fingerprint density at radius 2 is 1.23 bits per heavy atom. The fraction of sp³-hybridized carbons (Fsp3) is 0.364. The summed E-state index contributed by atoms with van der Waals surface area (Å²) < 4.78 is 31.4. The van der Waals surface area contributed by atoms with Gasteiger partial charge < -0.3 is 21.1 Å². The number of esters is 1. The molecule has 0 saturated heterocycles. The van der Waals surface area contributed by atoms with Crippen molar-refractivity contribution in [2.45, 2.75) is 64.3 Å². The van der Waals surface area contributed by atoms with Crippen molar-refractivity contribution in [2.24, 2.45) is 11.7 Å². The third kappa shape index (κ3) is 15.4. The van der Waals surface area contributed by atoms with E-state index in [0.717, 1.165) is 16.7 Å². The van der Waals surface area contributed by atoms with Gasteiger partial charge in [-0.25, -0.2) is 4.79 Å². The molecule has 0 saturated carbocycles. The van der Waals surface area contributed by atoms with Crippen LogP contribution in [0.3, 0.4) is 0 Å². The number of carbonyl (C=O) groups is 3. The first kappa shape index (κ1) is 36.1. The van der Waals surface area contributed by atoms with Crippen LogP contribution in [-0.2, 0) is 48.7 Å². The normalized spacial score (nSPS) is 13.0. The molecular formula is C33H43N3O7S. The van der Waals surface area contributed by atoms with E-state index < -0.39 is 46.0 Å². The SMILES string of the molecule is CC(C)C[C@H](NC(=O)[C@@H](N)CCc1ccccc1)C(=O)N[C@@H](Cc1ccccc1)C(=O)OCc1ccccc1.CS(=O)(=O)O. The third-order valence-corrected chi connectivity index (χ3v) is 6.37. The summed E-state index contributed by atoms with van der Waals surface area (Å²) in [5.41, 5.74) is 9.00. The molecule has 238 valence electrons. The van der Waals surface area contributed by atoms with Gasteiger partial charge in [0, 0.05) is 6.42 Å². The summed E-state index contributed by atoms with van der Waals surface area (Å²) in [5, 5.41) is 5.66. The highest BCUT2D eigenvalue weighted by atomic mass is 32.2. The van der Waals surface area contributed by atoms with Crippen LogP contribution in [0.1, 0.15) is 43.4 Å². The lowest BCUT2D eigenvalue weighted by atomic mass is 10.00. The Hall–Kier alpha value is -4.06. The van der Waals surface area contributed by atoms with E-state index >= 15 is 0 Å². The lowest BCUT2D eigenvalue weighted by Crippen LogP contribution is -2.55. The molecule has 0 heterocycles. The van der Waals surface area contributed by atoms with E-state index in [2.05, 4.69) is 10.6 Å². The molecule has 2 amide bonds. The second-order valence-electron chi connectivity index (χ2n) is 10.9. The fourth-order valence-electron chi connectivity index (χ4n) is 4.22. The van der Waals surface area contributed by atoms with Crippen LogP contribution in [0.4, 0.5) is 0 Å². The van der Waals surface area contributed by atoms with Crippen molar-refractivity contribution in [1.29, 1.82) is 0 Å². The van der Waals surface area contributed by atoms with Crippen LogP contribution in [0.5, 0.6) is 0 Å². The molecule has 0 unspecified atom stereocenters. The Morgan fingerprint density at radius 1 is 0.773 bits per heavy atom. The summed E-state index contributed by atoms with van der Waals surface area (Å²) in [4.78, 5) is 39.5. The summed E-state index contributed by atoms with van der Waals surface area (Å²) in [5.74, 6) is -1.24. The second-order valence-corrected chi connectivity index (χ2v) is 12.4. The molecule has 0 aromatic heterocycles. The molecule has 3 aromatic rings. The topological polar surface area (TPSA) is 165 Å². The minimum absolute atomic E-state index is 0.100. The lowest BCUT2D eigenvalue weighted by molar-refractivity contribution is -0.149. The van der Waals surface area contributed by atoms with E-state index in [-0.39, 0.29) is 18.9 Å². The Bertz CT molecular complexity index is 1400. The summed E-state index contributed by atoms with van der Waals surface area (Å²) in [7, 11) is -3.67. The number of hydrogen-bond donors (Lipinski definition) is 4. The first-order valence-electron chi connectivity index (χ1n) is 14.4. The van der Waals surface area contributed by atoms with E-state index in [1.165, 1.54) is 0 Å². The summed E-state index contributed by atoms with van der Waals surface area (Å²) in [6.07, 6.45) is 2.49. The molecule has 11 heteroatoms. The molecule has 0 spiro atoms. The second kappa shape index (κ2) is 18.6. The third-order valence-electron chi connectivity index (χ3n) is 6.37. The van der Waals surface area contributed by atoms with E-state index in [9.17, 15) is 22.8 Å². The number of nitrogens with two attached hydrogens (primary N) is 1. The maximum absolute atomic E-state index is 13.4. The van der Waals surface area contributed by atoms with Crippen molar-refractivity contribution >= 4 is 27.9 Å². The van der Waals surface area contributed by atoms with Gasteiger partial charge >= 0.3 is 5.97 Å². The zero-order chi connectivity index (χ0) is 32.5. The summed E-state index contributed by atoms with van der Waals surface area (Å²) in [6.45, 7) is 4.04. The number of amides is 2. The number of nitrogens with one attached hydrogen (secondary N) is 2. The number of aryl methyl sites for hydroxylation is 1. The smallest absolute Gasteiger partial charge is 0.329 e. The number of ether oxygens (including phenoxy) is 1. The highest BCUT2D eigenvalue weighted by molar-refractivity contribution is 7.85. The summed E-state index contributed by atoms with van der Waals surface area (Å²) >= 11 is 0. The van der Waals surface area contributed by atoms with Crippen LogP contribution in [0.15, 0.2) is 91.0 Å². The van der Waals surface area contributed by atoms with E-state index in [1.807, 2.05) is 105 Å². The average molecular weight is 626 g/mol. The molecule has 5 N–H and O–H groups in total. The van der Waals surface area contributed by atoms with Crippen molar-refractivity contribution in [2.75, 3.05) is 6.26 Å². The number of carbonyl (C=O) groups excluding carboxylic acids is 3. The molecule has 44 heavy (non-hydrogen) atoms. The van der Waals surface area contributed by atoms with Gasteiger partial charge in [-0.2, -0.15) is 8.42 Å². The van der Waals surface area contributed by atoms with Crippen molar-refractivity contribution in [1.82, 2.24) is 10.6 Å². The lowest BCUT2D eigenvalue weighted by Gasteiger charge is -2.25. The monoisotopic (exact) mass is 625 g/mol. The summed E-state index contributed by atoms with van der Waals surface area (Å²) in [6, 6.07) is 26.1. The molecule has 0 aliphatic carbocycles. The van der Waals surface area contributed by atoms with Crippen LogP contribution >= 0.6 is 0 Å². The zero-order valence-corrected chi connectivity index (χ0v) is 26.2. The van der Waals surface area contributed by atoms with Crippen molar-refractivity contribution in [3.05, 3.63) is 108 Å². The standard InChI is InChI=1S/C32H39N3O4.CH4O3S/c1-23(2)20-28(34-30(36)27(33)19-18-24-12-6-3-7-13-24)31(37)35-29(21-25-14-8-4-9-15-25)32(38)39-22-26-16-10-5-11-17-26;1-5(2,3)4/h3-17,23,27-29H,18-22,33H2,1-2H3,(H,34,36)(H,35,37);1H3,(H,2,3,4)/t27-,28-,29-;/m0./s1. The molecule has 0 bridgehead atoms. The van der Waals surface area contributed by atoms with E-state index in [4.69, 9.17) is 15.0 Å². The van der Waals surface area contributed by atoms with Gasteiger partial charge in [-0.3, -0.25) is 14.1 Å². The zero-order valence-electron chi connectivity index (χ0n) is 25.4. The predicted molar refractivity (Wildman–Crippen MR) is 170 cm³/mol. The molecule has 10 nitrogen and oxygen atoms in total. The molecule has 0 fully saturated rings.